The molecule has 0 aliphatic heterocycles. The molecule has 3 aromatic carbocycles. The van der Waals surface area contributed by atoms with Crippen molar-refractivity contribution in [2.45, 2.75) is 38.9 Å². The van der Waals surface area contributed by atoms with Crippen LogP contribution in [0.15, 0.2) is 66.7 Å². The van der Waals surface area contributed by atoms with E-state index in [4.69, 9.17) is 32.7 Å². The van der Waals surface area contributed by atoms with E-state index in [9.17, 15) is 14.7 Å². The number of ether oxygens (including phenoxy) is 2. The molecule has 0 spiro atoms. The van der Waals surface area contributed by atoms with E-state index < -0.39 is 23.8 Å². The van der Waals surface area contributed by atoms with Gasteiger partial charge in [-0.05, 0) is 74.2 Å². The van der Waals surface area contributed by atoms with E-state index in [2.05, 4.69) is 0 Å². The van der Waals surface area contributed by atoms with E-state index in [-0.39, 0.29) is 6.54 Å². The Hall–Kier alpha value is -3.06. The summed E-state index contributed by atoms with van der Waals surface area (Å²) in [5, 5.41) is 11.8. The van der Waals surface area contributed by atoms with Gasteiger partial charge in [-0.25, -0.2) is 9.59 Å². The number of carbonyl (C=O) groups is 2. The number of halogens is 2. The Kier molecular flexibility index (Phi) is 9.60. The van der Waals surface area contributed by atoms with Crippen LogP contribution in [0.3, 0.4) is 0 Å². The molecular weight excluding hydrogens is 513 g/mol. The predicted molar refractivity (Wildman–Crippen MR) is 146 cm³/mol. The maximum atomic E-state index is 12.9. The predicted octanol–water partition coefficient (Wildman–Crippen LogP) is 6.96. The van der Waals surface area contributed by atoms with Crippen molar-refractivity contribution in [1.82, 2.24) is 4.90 Å². The molecule has 3 rings (SSSR count). The molecule has 0 bridgehead atoms. The normalized spacial score (nSPS) is 12.1. The minimum atomic E-state index is -0.926. The third-order valence-electron chi connectivity index (χ3n) is 5.60. The number of methoxy groups -OCH3 is 1. The van der Waals surface area contributed by atoms with Gasteiger partial charge >= 0.3 is 12.1 Å². The molecule has 3 aromatic rings. The summed E-state index contributed by atoms with van der Waals surface area (Å²) in [5.74, 6) is -0.400. The lowest BCUT2D eigenvalue weighted by Crippen LogP contribution is -2.40. The van der Waals surface area contributed by atoms with Crippen LogP contribution < -0.4 is 0 Å². The van der Waals surface area contributed by atoms with E-state index in [0.717, 1.165) is 16.7 Å². The van der Waals surface area contributed by atoms with Gasteiger partial charge < -0.3 is 19.5 Å². The summed E-state index contributed by atoms with van der Waals surface area (Å²) in [5.41, 5.74) is 3.01. The van der Waals surface area contributed by atoms with Crippen molar-refractivity contribution in [3.8, 4) is 11.1 Å². The molecule has 1 N–H and O–H groups in total. The minimum absolute atomic E-state index is 0.0492. The molecule has 0 saturated heterocycles. The fraction of sp³-hybridized carbons (Fsp3) is 0.310. The third-order valence-corrected chi connectivity index (χ3v) is 6.15. The molecule has 6 nitrogen and oxygen atoms in total. The van der Waals surface area contributed by atoms with Crippen LogP contribution in [0.5, 0.6) is 0 Å². The molecule has 0 aliphatic rings. The minimum Gasteiger partial charge on any atom is -0.465 e. The Labute approximate surface area is 227 Å². The van der Waals surface area contributed by atoms with Crippen LogP contribution in [-0.4, -0.2) is 47.9 Å². The van der Waals surface area contributed by atoms with Gasteiger partial charge in [0.2, 0.25) is 0 Å². The maximum absolute atomic E-state index is 12.9. The second-order valence-corrected chi connectivity index (χ2v) is 10.5. The number of carbonyl (C=O) groups excluding carboxylic acids is 2. The van der Waals surface area contributed by atoms with Crippen molar-refractivity contribution in [2.75, 3.05) is 20.2 Å². The number of rotatable bonds is 8. The Balaban J connectivity index is 1.74. The van der Waals surface area contributed by atoms with Crippen LogP contribution in [-0.2, 0) is 15.9 Å². The van der Waals surface area contributed by atoms with Gasteiger partial charge in [0.05, 0.1) is 25.3 Å². The molecule has 8 heteroatoms. The van der Waals surface area contributed by atoms with Crippen LogP contribution >= 0.6 is 23.2 Å². The van der Waals surface area contributed by atoms with E-state index in [1.54, 1.807) is 57.2 Å². The van der Waals surface area contributed by atoms with Crippen molar-refractivity contribution < 1.29 is 24.2 Å². The van der Waals surface area contributed by atoms with Gasteiger partial charge in [0, 0.05) is 22.2 Å². The number of amides is 1. The molecule has 1 atom stereocenters. The Morgan fingerprint density at radius 3 is 2.30 bits per heavy atom. The van der Waals surface area contributed by atoms with Crippen molar-refractivity contribution >= 4 is 35.3 Å². The zero-order valence-electron chi connectivity index (χ0n) is 21.3. The van der Waals surface area contributed by atoms with Crippen molar-refractivity contribution in [2.24, 2.45) is 0 Å². The van der Waals surface area contributed by atoms with Crippen LogP contribution in [0.2, 0.25) is 10.0 Å². The summed E-state index contributed by atoms with van der Waals surface area (Å²) >= 11 is 12.7. The first kappa shape index (κ1) is 28.5. The smallest absolute Gasteiger partial charge is 0.410 e. The maximum Gasteiger partial charge on any atom is 0.410 e. The lowest BCUT2D eigenvalue weighted by molar-refractivity contribution is 0.0147. The fourth-order valence-corrected chi connectivity index (χ4v) is 4.24. The molecular formula is C29H31Cl2NO5. The summed E-state index contributed by atoms with van der Waals surface area (Å²) in [6.07, 6.45) is -0.935. The largest absolute Gasteiger partial charge is 0.465 e. The van der Waals surface area contributed by atoms with Crippen LogP contribution in [0.1, 0.15) is 48.4 Å². The number of hydrogen-bond donors (Lipinski definition) is 1. The number of benzene rings is 3. The molecule has 0 aromatic heterocycles. The number of aliphatic hydroxyl groups excluding tert-OH is 1. The monoisotopic (exact) mass is 543 g/mol. The van der Waals surface area contributed by atoms with E-state index in [0.29, 0.717) is 34.1 Å². The molecule has 37 heavy (non-hydrogen) atoms. The summed E-state index contributed by atoms with van der Waals surface area (Å²) in [6.45, 7) is 5.76. The second-order valence-electron chi connectivity index (χ2n) is 9.63. The zero-order valence-corrected chi connectivity index (χ0v) is 22.8. The third kappa shape index (κ3) is 8.22. The van der Waals surface area contributed by atoms with E-state index in [1.807, 2.05) is 30.3 Å². The van der Waals surface area contributed by atoms with Gasteiger partial charge in [0.1, 0.15) is 5.60 Å². The topological polar surface area (TPSA) is 76.1 Å². The van der Waals surface area contributed by atoms with Gasteiger partial charge in [0.15, 0.2) is 0 Å². The van der Waals surface area contributed by atoms with E-state index in [1.165, 1.54) is 12.0 Å². The first-order valence-corrected chi connectivity index (χ1v) is 12.6. The van der Waals surface area contributed by atoms with Crippen molar-refractivity contribution in [3.63, 3.8) is 0 Å². The summed E-state index contributed by atoms with van der Waals surface area (Å²) in [7, 11) is 1.34. The van der Waals surface area contributed by atoms with E-state index >= 15 is 0 Å². The first-order valence-electron chi connectivity index (χ1n) is 11.9. The highest BCUT2D eigenvalue weighted by atomic mass is 35.5. The molecule has 1 amide bonds. The van der Waals surface area contributed by atoms with Crippen LogP contribution in [0.25, 0.3) is 11.1 Å². The molecule has 0 unspecified atom stereocenters. The summed E-state index contributed by atoms with van der Waals surface area (Å²) in [6, 6.07) is 19.6. The number of hydrogen-bond acceptors (Lipinski definition) is 5. The van der Waals surface area contributed by atoms with Gasteiger partial charge in [-0.3, -0.25) is 0 Å². The molecule has 0 fully saturated rings. The Morgan fingerprint density at radius 2 is 1.70 bits per heavy atom. The molecule has 0 heterocycles. The lowest BCUT2D eigenvalue weighted by Gasteiger charge is -2.29. The van der Waals surface area contributed by atoms with Crippen molar-refractivity contribution in [3.05, 3.63) is 93.5 Å². The highest BCUT2D eigenvalue weighted by Gasteiger charge is 2.25. The summed E-state index contributed by atoms with van der Waals surface area (Å²) < 4.78 is 10.3. The lowest BCUT2D eigenvalue weighted by atomic mass is 10.0. The highest BCUT2D eigenvalue weighted by Crippen LogP contribution is 2.29. The highest BCUT2D eigenvalue weighted by molar-refractivity contribution is 6.33. The molecule has 196 valence electrons. The molecule has 0 radical (unpaired) electrons. The number of aliphatic hydroxyl groups is 1. The molecule has 0 saturated carbocycles. The summed E-state index contributed by atoms with van der Waals surface area (Å²) in [4.78, 5) is 26.1. The SMILES string of the molecule is COC(=O)c1ccc(-c2ccc(CCN(C[C@H](O)c3cccc(Cl)c3)C(=O)OC(C)(C)C)cc2Cl)cc1. The first-order chi connectivity index (χ1) is 17.5. The van der Waals surface area contributed by atoms with Crippen molar-refractivity contribution in [1.29, 1.82) is 0 Å². The van der Waals surface area contributed by atoms with Crippen LogP contribution in [0, 0.1) is 0 Å². The molecule has 0 aliphatic carbocycles. The average molecular weight is 544 g/mol. The van der Waals surface area contributed by atoms with Crippen LogP contribution in [0.4, 0.5) is 4.79 Å². The number of esters is 1. The zero-order chi connectivity index (χ0) is 27.2. The average Bonchev–Trinajstić information content (AvgIpc) is 2.85. The number of nitrogens with zero attached hydrogens (tertiary/aromatic N) is 1. The van der Waals surface area contributed by atoms with Gasteiger partial charge in [-0.2, -0.15) is 0 Å². The van der Waals surface area contributed by atoms with Gasteiger partial charge in [0.25, 0.3) is 0 Å². The fourth-order valence-electron chi connectivity index (χ4n) is 3.73. The second kappa shape index (κ2) is 12.5. The van der Waals surface area contributed by atoms with Gasteiger partial charge in [-0.1, -0.05) is 59.6 Å². The standard InChI is InChI=1S/C29H31Cl2NO5/c1-29(2,3)37-28(35)32(18-26(33)22-6-5-7-23(30)17-22)15-14-19-8-13-24(25(31)16-19)20-9-11-21(12-10-20)27(34)36-4/h5-13,16-17,26,33H,14-15,18H2,1-4H3/t26-/m0/s1. The Morgan fingerprint density at radius 1 is 1.00 bits per heavy atom. The Bertz CT molecular complexity index is 1240. The quantitative estimate of drug-likeness (QED) is 0.310. The van der Waals surface area contributed by atoms with Gasteiger partial charge in [-0.15, -0.1) is 0 Å².